The molecule has 0 aliphatic carbocycles. The maximum absolute atomic E-state index is 12.4. The maximum Gasteiger partial charge on any atom is 0.143 e. The molecule has 2 aromatic carbocycles. The van der Waals surface area contributed by atoms with Gasteiger partial charge in [-0.05, 0) is 40.2 Å². The summed E-state index contributed by atoms with van der Waals surface area (Å²) in [6.45, 7) is 0. The Bertz CT molecular complexity index is 457. The smallest absolute Gasteiger partial charge is 0.143 e. The lowest BCUT2D eigenvalue weighted by Gasteiger charge is -1.92. The van der Waals surface area contributed by atoms with Gasteiger partial charge in [-0.25, -0.2) is 13.2 Å². The normalized spacial score (nSPS) is 9.67. The summed E-state index contributed by atoms with van der Waals surface area (Å²) in [5.41, 5.74) is 0. The molecule has 0 aromatic heterocycles. The first-order valence-electron chi connectivity index (χ1n) is 4.62. The van der Waals surface area contributed by atoms with Crippen molar-refractivity contribution in [2.24, 2.45) is 0 Å². The van der Waals surface area contributed by atoms with Crippen LogP contribution in [0.3, 0.4) is 0 Å². The van der Waals surface area contributed by atoms with Gasteiger partial charge < -0.3 is 0 Å². The van der Waals surface area contributed by atoms with Gasteiger partial charge in [-0.3, -0.25) is 0 Å². The zero-order valence-corrected chi connectivity index (χ0v) is 11.8. The highest BCUT2D eigenvalue weighted by atomic mass is 79.9. The first-order valence-corrected chi connectivity index (χ1v) is 6.17. The highest BCUT2D eigenvalue weighted by Crippen LogP contribution is 2.23. The molecular weight excluding hydrogens is 352 g/mol. The molecule has 0 heterocycles. The van der Waals surface area contributed by atoms with Gasteiger partial charge in [-0.2, -0.15) is 0 Å². The average Bonchev–Trinajstić information content (AvgIpc) is 2.34. The Labute approximate surface area is 120 Å². The fourth-order valence-electron chi connectivity index (χ4n) is 0.955. The molecule has 6 heteroatoms. The largest absolute Gasteiger partial charge is 0.206 e. The molecular formula is C12H6BrCl2F3. The van der Waals surface area contributed by atoms with E-state index in [1.807, 2.05) is 0 Å². The van der Waals surface area contributed by atoms with E-state index in [9.17, 15) is 13.2 Å². The Morgan fingerprint density at radius 2 is 1.22 bits per heavy atom. The van der Waals surface area contributed by atoms with Gasteiger partial charge in [0.15, 0.2) is 0 Å². The van der Waals surface area contributed by atoms with E-state index in [0.717, 1.165) is 0 Å². The molecule has 0 aliphatic heterocycles. The minimum atomic E-state index is -0.574. The van der Waals surface area contributed by atoms with E-state index < -0.39 is 17.5 Å². The van der Waals surface area contributed by atoms with Gasteiger partial charge in [0.25, 0.3) is 0 Å². The predicted octanol–water partition coefficient (Wildman–Crippen LogP) is 5.86. The summed E-state index contributed by atoms with van der Waals surface area (Å²) in [6, 6.07) is 7.99. The lowest BCUT2D eigenvalue weighted by atomic mass is 10.3. The number of halogens is 6. The molecule has 0 N–H and O–H groups in total. The van der Waals surface area contributed by atoms with Gasteiger partial charge in [-0.1, -0.05) is 35.3 Å². The van der Waals surface area contributed by atoms with Crippen LogP contribution in [0.15, 0.2) is 40.9 Å². The SMILES string of the molecule is Fc1cccc(Cl)c1Cl.Fc1cccc(F)c1Br. The highest BCUT2D eigenvalue weighted by Gasteiger charge is 2.01. The van der Waals surface area contributed by atoms with Crippen LogP contribution in [0.1, 0.15) is 0 Å². The van der Waals surface area contributed by atoms with Crippen molar-refractivity contribution in [1.82, 2.24) is 0 Å². The van der Waals surface area contributed by atoms with Crippen molar-refractivity contribution in [1.29, 1.82) is 0 Å². The molecule has 0 amide bonds. The first-order chi connectivity index (χ1) is 8.43. The summed E-state index contributed by atoms with van der Waals surface area (Å²) in [5, 5.41) is 0.232. The van der Waals surface area contributed by atoms with Crippen LogP contribution in [0.4, 0.5) is 13.2 Å². The minimum Gasteiger partial charge on any atom is -0.206 e. The number of benzene rings is 2. The molecule has 0 fully saturated rings. The van der Waals surface area contributed by atoms with Gasteiger partial charge in [-0.15, -0.1) is 0 Å². The van der Waals surface area contributed by atoms with Crippen LogP contribution in [0, 0.1) is 17.5 Å². The Kier molecular flexibility index (Phi) is 5.99. The predicted molar refractivity (Wildman–Crippen MR) is 70.5 cm³/mol. The zero-order chi connectivity index (χ0) is 13.7. The van der Waals surface area contributed by atoms with Crippen LogP contribution in [-0.2, 0) is 0 Å². The summed E-state index contributed by atoms with van der Waals surface area (Å²) in [7, 11) is 0. The maximum atomic E-state index is 12.4. The summed E-state index contributed by atoms with van der Waals surface area (Å²) in [5.74, 6) is -1.63. The lowest BCUT2D eigenvalue weighted by Crippen LogP contribution is -1.80. The molecule has 0 saturated carbocycles. The zero-order valence-electron chi connectivity index (χ0n) is 8.73. The Morgan fingerprint density at radius 3 is 1.61 bits per heavy atom. The number of hydrogen-bond donors (Lipinski definition) is 0. The Balaban J connectivity index is 0.000000180. The molecule has 96 valence electrons. The second-order valence-corrected chi connectivity index (χ2v) is 4.65. The van der Waals surface area contributed by atoms with Crippen molar-refractivity contribution in [2.75, 3.05) is 0 Å². The summed E-state index contributed by atoms with van der Waals surface area (Å²) in [6.07, 6.45) is 0. The van der Waals surface area contributed by atoms with Gasteiger partial charge in [0.2, 0.25) is 0 Å². The molecule has 18 heavy (non-hydrogen) atoms. The van der Waals surface area contributed by atoms with Gasteiger partial charge in [0.05, 0.1) is 14.5 Å². The highest BCUT2D eigenvalue weighted by molar-refractivity contribution is 9.10. The molecule has 2 aromatic rings. The van der Waals surface area contributed by atoms with Crippen molar-refractivity contribution in [3.8, 4) is 0 Å². The fraction of sp³-hybridized carbons (Fsp3) is 0. The molecule has 0 unspecified atom stereocenters. The third-order valence-corrected chi connectivity index (χ3v) is 3.36. The van der Waals surface area contributed by atoms with Crippen LogP contribution in [0.5, 0.6) is 0 Å². The molecule has 0 radical (unpaired) electrons. The van der Waals surface area contributed by atoms with Crippen molar-refractivity contribution >= 4 is 39.1 Å². The Hall–Kier alpha value is -0.710. The van der Waals surface area contributed by atoms with E-state index in [0.29, 0.717) is 0 Å². The average molecular weight is 358 g/mol. The molecule has 0 saturated heterocycles. The van der Waals surface area contributed by atoms with Crippen LogP contribution in [0.2, 0.25) is 10.0 Å². The van der Waals surface area contributed by atoms with Crippen molar-refractivity contribution in [2.45, 2.75) is 0 Å². The van der Waals surface area contributed by atoms with E-state index in [1.165, 1.54) is 36.4 Å². The second-order valence-electron chi connectivity index (χ2n) is 3.07. The van der Waals surface area contributed by atoms with E-state index in [1.54, 1.807) is 0 Å². The Morgan fingerprint density at radius 1 is 0.778 bits per heavy atom. The monoisotopic (exact) mass is 356 g/mol. The summed E-state index contributed by atoms with van der Waals surface area (Å²) >= 11 is 13.5. The topological polar surface area (TPSA) is 0 Å². The first kappa shape index (κ1) is 15.3. The fourth-order valence-corrected chi connectivity index (χ4v) is 1.51. The van der Waals surface area contributed by atoms with Crippen LogP contribution >= 0.6 is 39.1 Å². The van der Waals surface area contributed by atoms with Crippen molar-refractivity contribution < 1.29 is 13.2 Å². The molecule has 0 spiro atoms. The standard InChI is InChI=1S/C6H3BrF2.C6H3Cl2F/c7-6-4(8)2-1-3-5(6)9;7-4-2-1-3-5(9)6(4)8/h2*1-3H. The molecule has 0 nitrogen and oxygen atoms in total. The van der Waals surface area contributed by atoms with Crippen LogP contribution in [-0.4, -0.2) is 0 Å². The van der Waals surface area contributed by atoms with Crippen molar-refractivity contribution in [3.05, 3.63) is 68.4 Å². The molecule has 2 rings (SSSR count). The molecule has 0 bridgehead atoms. The van der Waals surface area contributed by atoms with Crippen LogP contribution < -0.4 is 0 Å². The van der Waals surface area contributed by atoms with E-state index >= 15 is 0 Å². The third-order valence-electron chi connectivity index (χ3n) is 1.81. The van der Waals surface area contributed by atoms with Crippen molar-refractivity contribution in [3.63, 3.8) is 0 Å². The van der Waals surface area contributed by atoms with E-state index in [-0.39, 0.29) is 14.5 Å². The molecule has 0 aliphatic rings. The van der Waals surface area contributed by atoms with Gasteiger partial charge in [0.1, 0.15) is 17.5 Å². The second kappa shape index (κ2) is 7.02. The number of hydrogen-bond acceptors (Lipinski definition) is 0. The minimum absolute atomic E-state index is 0.0147. The number of rotatable bonds is 0. The van der Waals surface area contributed by atoms with E-state index in [4.69, 9.17) is 23.2 Å². The third kappa shape index (κ3) is 4.19. The summed E-state index contributed by atoms with van der Waals surface area (Å²) < 4.78 is 36.8. The lowest BCUT2D eigenvalue weighted by molar-refractivity contribution is 0.572. The molecule has 0 atom stereocenters. The van der Waals surface area contributed by atoms with Crippen LogP contribution in [0.25, 0.3) is 0 Å². The van der Waals surface area contributed by atoms with Gasteiger partial charge in [0, 0.05) is 0 Å². The van der Waals surface area contributed by atoms with E-state index in [2.05, 4.69) is 15.9 Å². The quantitative estimate of drug-likeness (QED) is 0.518. The van der Waals surface area contributed by atoms with Gasteiger partial charge >= 0.3 is 0 Å². The summed E-state index contributed by atoms with van der Waals surface area (Å²) in [4.78, 5) is 0.